The quantitative estimate of drug-likeness (QED) is 0.811. The highest BCUT2D eigenvalue weighted by atomic mass is 32.1. The Morgan fingerprint density at radius 1 is 1.29 bits per heavy atom. The Bertz CT molecular complexity index is 550. The summed E-state index contributed by atoms with van der Waals surface area (Å²) in [5.41, 5.74) is 1.01. The minimum atomic E-state index is -0.264. The Hall–Kier alpha value is -0.740. The van der Waals surface area contributed by atoms with Crippen molar-refractivity contribution < 1.29 is 4.74 Å². The SMILES string of the molecule is COC1(c2nc(=S)cc(C3CCCC3)[nH]2)CCCC(C)C1. The van der Waals surface area contributed by atoms with Crippen LogP contribution in [0.3, 0.4) is 0 Å². The monoisotopic (exact) mass is 306 g/mol. The lowest BCUT2D eigenvalue weighted by Crippen LogP contribution is -2.36. The van der Waals surface area contributed by atoms with Gasteiger partial charge in [0.25, 0.3) is 0 Å². The van der Waals surface area contributed by atoms with Crippen LogP contribution in [0.25, 0.3) is 0 Å². The summed E-state index contributed by atoms with van der Waals surface area (Å²) in [6.45, 7) is 2.31. The second-order valence-electron chi connectivity index (χ2n) is 6.90. The van der Waals surface area contributed by atoms with E-state index in [-0.39, 0.29) is 5.60 Å². The lowest BCUT2D eigenvalue weighted by molar-refractivity contribution is -0.0648. The van der Waals surface area contributed by atoms with Crippen molar-refractivity contribution in [3.8, 4) is 0 Å². The highest BCUT2D eigenvalue weighted by Crippen LogP contribution is 2.42. The third-order valence-corrected chi connectivity index (χ3v) is 5.55. The van der Waals surface area contributed by atoms with E-state index in [9.17, 15) is 0 Å². The van der Waals surface area contributed by atoms with Gasteiger partial charge in [0.05, 0.1) is 0 Å². The Morgan fingerprint density at radius 2 is 2.05 bits per heavy atom. The third-order valence-electron chi connectivity index (χ3n) is 5.34. The van der Waals surface area contributed by atoms with E-state index in [1.807, 2.05) is 7.11 Å². The van der Waals surface area contributed by atoms with Crippen molar-refractivity contribution in [2.24, 2.45) is 5.92 Å². The molecular weight excluding hydrogens is 280 g/mol. The van der Waals surface area contributed by atoms with Gasteiger partial charge in [0.1, 0.15) is 16.1 Å². The van der Waals surface area contributed by atoms with Gasteiger partial charge in [0.2, 0.25) is 0 Å². The molecule has 2 atom stereocenters. The molecule has 21 heavy (non-hydrogen) atoms. The highest BCUT2D eigenvalue weighted by Gasteiger charge is 2.39. The first-order valence-electron chi connectivity index (χ1n) is 8.30. The normalized spacial score (nSPS) is 30.7. The largest absolute Gasteiger partial charge is 0.370 e. The van der Waals surface area contributed by atoms with Crippen LogP contribution >= 0.6 is 12.2 Å². The van der Waals surface area contributed by atoms with Crippen LogP contribution in [0.5, 0.6) is 0 Å². The number of H-pyrrole nitrogens is 1. The van der Waals surface area contributed by atoms with Crippen molar-refractivity contribution in [2.45, 2.75) is 69.8 Å². The predicted molar refractivity (Wildman–Crippen MR) is 86.9 cm³/mol. The van der Waals surface area contributed by atoms with Gasteiger partial charge in [-0.2, -0.15) is 0 Å². The zero-order valence-electron chi connectivity index (χ0n) is 13.2. The molecule has 2 aliphatic rings. The van der Waals surface area contributed by atoms with E-state index in [4.69, 9.17) is 17.0 Å². The molecule has 2 fully saturated rings. The summed E-state index contributed by atoms with van der Waals surface area (Å²) >= 11 is 5.43. The Morgan fingerprint density at radius 3 is 2.71 bits per heavy atom. The molecule has 0 aliphatic heterocycles. The lowest BCUT2D eigenvalue weighted by Gasteiger charge is -2.38. The molecule has 3 rings (SSSR count). The Balaban J connectivity index is 1.98. The van der Waals surface area contributed by atoms with Gasteiger partial charge in [-0.3, -0.25) is 0 Å². The summed E-state index contributed by atoms with van der Waals surface area (Å²) in [5, 5.41) is 0. The zero-order valence-corrected chi connectivity index (χ0v) is 14.0. The summed E-state index contributed by atoms with van der Waals surface area (Å²) in [4.78, 5) is 8.25. The maximum atomic E-state index is 5.97. The molecule has 2 aliphatic carbocycles. The molecule has 0 spiro atoms. The van der Waals surface area contributed by atoms with Crippen molar-refractivity contribution in [2.75, 3.05) is 7.11 Å². The molecule has 3 nitrogen and oxygen atoms in total. The standard InChI is InChI=1S/C17H26N2OS/c1-12-6-5-9-17(11-12,20-2)16-18-14(10-15(21)19-16)13-7-3-4-8-13/h10,12-13H,3-9,11H2,1-2H3,(H,18,19,21). The molecule has 1 aromatic rings. The molecule has 2 saturated carbocycles. The molecular formula is C17H26N2OS. The second kappa shape index (κ2) is 6.17. The number of nitrogens with one attached hydrogen (secondary N) is 1. The maximum absolute atomic E-state index is 5.97. The van der Waals surface area contributed by atoms with E-state index >= 15 is 0 Å². The van der Waals surface area contributed by atoms with Crippen LogP contribution in [0.1, 0.15) is 75.7 Å². The number of rotatable bonds is 3. The van der Waals surface area contributed by atoms with Crippen molar-refractivity contribution >= 4 is 12.2 Å². The van der Waals surface area contributed by atoms with Crippen LogP contribution in [-0.2, 0) is 10.3 Å². The molecule has 116 valence electrons. The molecule has 0 aromatic carbocycles. The first kappa shape index (κ1) is 15.2. The minimum absolute atomic E-state index is 0.264. The minimum Gasteiger partial charge on any atom is -0.370 e. The van der Waals surface area contributed by atoms with Crippen LogP contribution in [-0.4, -0.2) is 17.1 Å². The van der Waals surface area contributed by atoms with Crippen molar-refractivity contribution in [3.63, 3.8) is 0 Å². The number of ether oxygens (including phenoxy) is 1. The van der Waals surface area contributed by atoms with E-state index in [1.165, 1.54) is 44.2 Å². The fraction of sp³-hybridized carbons (Fsp3) is 0.765. The van der Waals surface area contributed by atoms with E-state index in [0.29, 0.717) is 16.5 Å². The van der Waals surface area contributed by atoms with Crippen LogP contribution in [0.15, 0.2) is 6.07 Å². The van der Waals surface area contributed by atoms with E-state index in [0.717, 1.165) is 18.7 Å². The van der Waals surface area contributed by atoms with Gasteiger partial charge in [0, 0.05) is 12.8 Å². The van der Waals surface area contributed by atoms with Crippen LogP contribution in [0.2, 0.25) is 0 Å². The maximum Gasteiger partial charge on any atom is 0.140 e. The van der Waals surface area contributed by atoms with E-state index in [2.05, 4.69) is 23.0 Å². The van der Waals surface area contributed by atoms with E-state index in [1.54, 1.807) is 0 Å². The predicted octanol–water partition coefficient (Wildman–Crippen LogP) is 4.85. The third kappa shape index (κ3) is 3.07. The fourth-order valence-corrected chi connectivity index (χ4v) is 4.37. The molecule has 0 radical (unpaired) electrons. The van der Waals surface area contributed by atoms with Gasteiger partial charge < -0.3 is 9.72 Å². The molecule has 0 saturated heterocycles. The molecule has 1 N–H and O–H groups in total. The number of nitrogens with zero attached hydrogens (tertiary/aromatic N) is 1. The number of hydrogen-bond acceptors (Lipinski definition) is 3. The van der Waals surface area contributed by atoms with Gasteiger partial charge in [-0.25, -0.2) is 4.98 Å². The summed E-state index contributed by atoms with van der Waals surface area (Å²) < 4.78 is 6.68. The Labute approximate surface area is 132 Å². The fourth-order valence-electron chi connectivity index (χ4n) is 4.15. The number of aromatic amines is 1. The van der Waals surface area contributed by atoms with Crippen LogP contribution in [0.4, 0.5) is 0 Å². The van der Waals surface area contributed by atoms with Gasteiger partial charge in [-0.05, 0) is 50.0 Å². The Kier molecular flexibility index (Phi) is 4.46. The number of aromatic nitrogens is 2. The first-order valence-corrected chi connectivity index (χ1v) is 8.71. The average Bonchev–Trinajstić information content (AvgIpc) is 3.00. The van der Waals surface area contributed by atoms with Gasteiger partial charge in [-0.1, -0.05) is 38.4 Å². The molecule has 0 amide bonds. The van der Waals surface area contributed by atoms with Gasteiger partial charge in [0.15, 0.2) is 0 Å². The average molecular weight is 306 g/mol. The molecule has 1 heterocycles. The van der Waals surface area contributed by atoms with Gasteiger partial charge in [-0.15, -0.1) is 0 Å². The van der Waals surface area contributed by atoms with E-state index < -0.39 is 0 Å². The first-order chi connectivity index (χ1) is 10.1. The summed E-state index contributed by atoms with van der Waals surface area (Å²) in [5.74, 6) is 2.27. The smallest absolute Gasteiger partial charge is 0.140 e. The van der Waals surface area contributed by atoms with Crippen molar-refractivity contribution in [1.82, 2.24) is 9.97 Å². The second-order valence-corrected chi connectivity index (χ2v) is 7.32. The summed E-state index contributed by atoms with van der Waals surface area (Å²) in [6, 6.07) is 2.06. The zero-order chi connectivity index (χ0) is 14.9. The van der Waals surface area contributed by atoms with Crippen molar-refractivity contribution in [3.05, 3.63) is 22.2 Å². The topological polar surface area (TPSA) is 37.9 Å². The molecule has 0 bridgehead atoms. The van der Waals surface area contributed by atoms with Crippen molar-refractivity contribution in [1.29, 1.82) is 0 Å². The number of methoxy groups -OCH3 is 1. The van der Waals surface area contributed by atoms with Crippen LogP contribution in [0, 0.1) is 10.6 Å². The molecule has 1 aromatic heterocycles. The number of hydrogen-bond donors (Lipinski definition) is 1. The summed E-state index contributed by atoms with van der Waals surface area (Å²) in [7, 11) is 1.82. The highest BCUT2D eigenvalue weighted by molar-refractivity contribution is 7.71. The molecule has 2 unspecified atom stereocenters. The molecule has 4 heteroatoms. The lowest BCUT2D eigenvalue weighted by atomic mass is 9.78. The van der Waals surface area contributed by atoms with Gasteiger partial charge >= 0.3 is 0 Å². The summed E-state index contributed by atoms with van der Waals surface area (Å²) in [6.07, 6.45) is 9.76. The van der Waals surface area contributed by atoms with Crippen LogP contribution < -0.4 is 0 Å².